The minimum absolute atomic E-state index is 0. The average Bonchev–Trinajstić information content (AvgIpc) is 3.56. The molecular formula is C22H23N6Na2O8P. The smallest absolute Gasteiger partial charge is 0.790 e. The molecule has 2 aliphatic rings. The number of benzene rings is 1. The molecule has 2 N–H and O–H groups in total. The van der Waals surface area contributed by atoms with Gasteiger partial charge in [-0.25, -0.2) is 19.7 Å². The first-order chi connectivity index (χ1) is 17.8. The van der Waals surface area contributed by atoms with Crippen LogP contribution in [0.2, 0.25) is 0 Å². The second kappa shape index (κ2) is 14.1. The van der Waals surface area contributed by atoms with Crippen LogP contribution in [0.4, 0.5) is 10.6 Å². The molecule has 0 aliphatic carbocycles. The summed E-state index contributed by atoms with van der Waals surface area (Å²) >= 11 is 0. The average molecular weight is 576 g/mol. The van der Waals surface area contributed by atoms with Gasteiger partial charge in [0.15, 0.2) is 29.5 Å². The fourth-order valence-corrected chi connectivity index (χ4v) is 4.50. The van der Waals surface area contributed by atoms with Crippen molar-refractivity contribution in [3.05, 3.63) is 54.6 Å². The van der Waals surface area contributed by atoms with Crippen LogP contribution in [0.25, 0.3) is 17.2 Å². The molecule has 1 unspecified atom stereocenters. The van der Waals surface area contributed by atoms with Crippen LogP contribution in [0.15, 0.2) is 49.1 Å². The molecule has 17 heteroatoms. The summed E-state index contributed by atoms with van der Waals surface area (Å²) in [5, 5.41) is 5.23. The second-order valence-corrected chi connectivity index (χ2v) is 9.33. The van der Waals surface area contributed by atoms with E-state index in [1.165, 1.54) is 12.7 Å². The van der Waals surface area contributed by atoms with Crippen LogP contribution < -0.4 is 79.5 Å². The third-order valence-corrected chi connectivity index (χ3v) is 6.18. The summed E-state index contributed by atoms with van der Waals surface area (Å²) in [5.74, 6) is 0.190. The second-order valence-electron chi connectivity index (χ2n) is 8.18. The third-order valence-electron chi connectivity index (χ3n) is 5.71. The molecular weight excluding hydrogens is 553 g/mol. The molecule has 39 heavy (non-hydrogen) atoms. The molecule has 14 nitrogen and oxygen atoms in total. The van der Waals surface area contributed by atoms with Crippen molar-refractivity contribution < 1.29 is 97.0 Å². The van der Waals surface area contributed by atoms with Gasteiger partial charge < -0.3 is 38.4 Å². The van der Waals surface area contributed by atoms with Gasteiger partial charge in [0, 0.05) is 6.54 Å². The van der Waals surface area contributed by atoms with Crippen molar-refractivity contribution >= 4 is 36.9 Å². The largest absolute Gasteiger partial charge is 1.00 e. The van der Waals surface area contributed by atoms with Gasteiger partial charge in [0.2, 0.25) is 0 Å². The summed E-state index contributed by atoms with van der Waals surface area (Å²) in [5.41, 5.74) is 1.57. The number of fused-ring (bicyclic) bond motifs is 2. The zero-order valence-corrected chi connectivity index (χ0v) is 26.4. The van der Waals surface area contributed by atoms with E-state index in [9.17, 15) is 19.1 Å². The summed E-state index contributed by atoms with van der Waals surface area (Å²) < 4.78 is 35.2. The molecule has 3 aromatic rings. The maximum atomic E-state index is 12.0. The number of carbonyl (C=O) groups excluding carboxylic acids is 1. The van der Waals surface area contributed by atoms with E-state index >= 15 is 0 Å². The van der Waals surface area contributed by atoms with Crippen molar-refractivity contribution in [3.8, 4) is 0 Å². The number of imidazole rings is 1. The number of hydrogen-bond donors (Lipinski definition) is 2. The minimum Gasteiger partial charge on any atom is -0.790 e. The maximum absolute atomic E-state index is 12.0. The van der Waals surface area contributed by atoms with Crippen LogP contribution in [0.5, 0.6) is 0 Å². The molecule has 0 bridgehead atoms. The maximum Gasteiger partial charge on any atom is 1.00 e. The SMILES string of the molecule is CCNC(=O)Nc1ncnc2c1ncn2[C@@H]1O[C@H](COP(=O)([O-])[O-])C2O[C@H](/C=C/c3ccccc3)O[C@@H]21.[Na+].[Na+]. The molecule has 2 aromatic heterocycles. The summed E-state index contributed by atoms with van der Waals surface area (Å²) in [6.45, 7) is 1.66. The van der Waals surface area contributed by atoms with Gasteiger partial charge in [0.1, 0.15) is 24.6 Å². The predicted octanol–water partition coefficient (Wildman–Crippen LogP) is -5.46. The Morgan fingerprint density at radius 1 is 1.13 bits per heavy atom. The molecule has 2 fully saturated rings. The molecule has 5 atom stereocenters. The Bertz CT molecular complexity index is 1340. The normalized spacial score (nSPS) is 24.2. The molecule has 2 saturated heterocycles. The number of phosphoric ester groups is 1. The number of hydrogen-bond acceptors (Lipinski definition) is 11. The number of nitrogens with one attached hydrogen (secondary N) is 2. The van der Waals surface area contributed by atoms with Crippen LogP contribution in [0.1, 0.15) is 18.7 Å². The number of anilines is 1. The van der Waals surface area contributed by atoms with Crippen molar-refractivity contribution in [2.45, 2.75) is 37.8 Å². The Hall–Kier alpha value is -1.23. The first-order valence-corrected chi connectivity index (χ1v) is 12.9. The van der Waals surface area contributed by atoms with E-state index in [-0.39, 0.29) is 64.9 Å². The minimum atomic E-state index is -5.24. The van der Waals surface area contributed by atoms with Crippen molar-refractivity contribution in [1.82, 2.24) is 24.8 Å². The van der Waals surface area contributed by atoms with E-state index in [1.54, 1.807) is 17.6 Å². The fraction of sp³-hybridized carbons (Fsp3) is 0.364. The van der Waals surface area contributed by atoms with E-state index in [0.29, 0.717) is 17.7 Å². The quantitative estimate of drug-likeness (QED) is 0.193. The van der Waals surface area contributed by atoms with Gasteiger partial charge in [-0.15, -0.1) is 0 Å². The number of nitrogens with zero attached hydrogens (tertiary/aromatic N) is 4. The Labute approximate surface area is 267 Å². The number of phosphoric acid groups is 1. The standard InChI is InChI=1S/C22H25N6O8P.2Na/c1-2-23-22(29)27-19-16-20(25-11-24-19)28(12-26-16)21-18-17(14(34-21)10-33-37(30,31)32)35-15(36-18)9-8-13-6-4-3-5-7-13;;/h3-9,11-12,14-15,17-18,21H,2,10H2,1H3,(H2,30,31,32)(H2,23,24,25,27,29);;/q;2*+1/p-2/b9-8+;;/t14-,15+,17?,18+,21-;;/m1../s1. The van der Waals surface area contributed by atoms with Gasteiger partial charge in [0.25, 0.3) is 0 Å². The van der Waals surface area contributed by atoms with E-state index in [4.69, 9.17) is 14.2 Å². The first-order valence-electron chi connectivity index (χ1n) is 11.4. The molecule has 0 saturated carbocycles. The van der Waals surface area contributed by atoms with Crippen LogP contribution in [-0.4, -0.2) is 63.3 Å². The molecule has 1 aromatic carbocycles. The van der Waals surface area contributed by atoms with Crippen LogP contribution in [-0.2, 0) is 23.3 Å². The topological polar surface area (TPSA) is 185 Å². The van der Waals surface area contributed by atoms with Crippen molar-refractivity contribution in [3.63, 3.8) is 0 Å². The number of amides is 2. The molecule has 2 amide bonds. The van der Waals surface area contributed by atoms with E-state index in [2.05, 4.69) is 30.1 Å². The monoisotopic (exact) mass is 576 g/mol. The Kier molecular flexibility index (Phi) is 11.7. The van der Waals surface area contributed by atoms with Crippen LogP contribution >= 0.6 is 7.82 Å². The number of ether oxygens (including phenoxy) is 3. The molecule has 0 spiro atoms. The van der Waals surface area contributed by atoms with Gasteiger partial charge in [-0.3, -0.25) is 9.88 Å². The van der Waals surface area contributed by atoms with Crippen molar-refractivity contribution in [2.75, 3.05) is 18.5 Å². The van der Waals surface area contributed by atoms with Crippen LogP contribution in [0.3, 0.4) is 0 Å². The van der Waals surface area contributed by atoms with Gasteiger partial charge in [-0.2, -0.15) is 0 Å². The first kappa shape index (κ1) is 32.3. The van der Waals surface area contributed by atoms with Gasteiger partial charge in [-0.1, -0.05) is 36.4 Å². The van der Waals surface area contributed by atoms with Crippen molar-refractivity contribution in [2.24, 2.45) is 0 Å². The van der Waals surface area contributed by atoms with E-state index in [0.717, 1.165) is 5.56 Å². The van der Waals surface area contributed by atoms with Gasteiger partial charge >= 0.3 is 65.1 Å². The van der Waals surface area contributed by atoms with Gasteiger partial charge in [-0.05, 0) is 18.6 Å². The molecule has 2 aliphatic heterocycles. The number of urea groups is 1. The Morgan fingerprint density at radius 3 is 2.59 bits per heavy atom. The van der Waals surface area contributed by atoms with Gasteiger partial charge in [0.05, 0.1) is 20.8 Å². The summed E-state index contributed by atoms with van der Waals surface area (Å²) in [6.07, 6.45) is 2.21. The van der Waals surface area contributed by atoms with Crippen molar-refractivity contribution in [1.29, 1.82) is 0 Å². The summed E-state index contributed by atoms with van der Waals surface area (Å²) in [6, 6.07) is 9.07. The molecule has 0 radical (unpaired) electrons. The molecule has 5 rings (SSSR count). The fourth-order valence-electron chi connectivity index (χ4n) is 4.17. The Morgan fingerprint density at radius 2 is 1.87 bits per heavy atom. The number of carbonyl (C=O) groups is 1. The third kappa shape index (κ3) is 7.74. The molecule has 196 valence electrons. The van der Waals surface area contributed by atoms with E-state index in [1.807, 2.05) is 36.4 Å². The predicted molar refractivity (Wildman–Crippen MR) is 124 cm³/mol. The zero-order valence-electron chi connectivity index (χ0n) is 21.5. The van der Waals surface area contributed by atoms with Crippen LogP contribution in [0, 0.1) is 0 Å². The zero-order chi connectivity index (χ0) is 26.0. The Balaban J connectivity index is 0.00000210. The summed E-state index contributed by atoms with van der Waals surface area (Å²) in [4.78, 5) is 46.9. The molecule has 4 heterocycles. The number of rotatable bonds is 8. The summed E-state index contributed by atoms with van der Waals surface area (Å²) in [7, 11) is -5.24. The number of aromatic nitrogens is 4. The van der Waals surface area contributed by atoms with E-state index < -0.39 is 51.3 Å².